The summed E-state index contributed by atoms with van der Waals surface area (Å²) in [5.74, 6) is 0. The van der Waals surface area contributed by atoms with E-state index in [9.17, 15) is 0 Å². The van der Waals surface area contributed by atoms with E-state index in [2.05, 4.69) is 31.0 Å². The zero-order valence-corrected chi connectivity index (χ0v) is 10.6. The van der Waals surface area contributed by atoms with Crippen molar-refractivity contribution in [1.29, 1.82) is 0 Å². The second-order valence-electron chi connectivity index (χ2n) is 6.13. The lowest BCUT2D eigenvalue weighted by molar-refractivity contribution is 0.171. The van der Waals surface area contributed by atoms with Crippen molar-refractivity contribution in [3.63, 3.8) is 0 Å². The third kappa shape index (κ3) is 2.94. The van der Waals surface area contributed by atoms with E-state index in [0.29, 0.717) is 11.6 Å². The van der Waals surface area contributed by atoms with Gasteiger partial charge >= 0.3 is 0 Å². The van der Waals surface area contributed by atoms with Crippen molar-refractivity contribution in [1.82, 2.24) is 10.2 Å². The number of hydrogen-bond donors (Lipinski definition) is 1. The molecule has 1 saturated heterocycles. The summed E-state index contributed by atoms with van der Waals surface area (Å²) in [6.45, 7) is 9.53. The Balaban J connectivity index is 1.99. The first kappa shape index (κ1) is 11.4. The second kappa shape index (κ2) is 4.42. The fraction of sp³-hybridized carbons (Fsp3) is 1.00. The molecule has 1 atom stereocenters. The van der Waals surface area contributed by atoms with Crippen molar-refractivity contribution in [2.75, 3.05) is 13.1 Å². The van der Waals surface area contributed by atoms with Gasteiger partial charge in [0.25, 0.3) is 0 Å². The molecular formula is C13H26N2. The van der Waals surface area contributed by atoms with E-state index in [1.54, 1.807) is 0 Å². The predicted octanol–water partition coefficient (Wildman–Crippen LogP) is 2.39. The van der Waals surface area contributed by atoms with E-state index < -0.39 is 0 Å². The summed E-state index contributed by atoms with van der Waals surface area (Å²) in [7, 11) is 0. The average molecular weight is 210 g/mol. The Morgan fingerprint density at radius 1 is 1.13 bits per heavy atom. The van der Waals surface area contributed by atoms with Crippen LogP contribution < -0.4 is 5.32 Å². The monoisotopic (exact) mass is 210 g/mol. The molecule has 0 radical (unpaired) electrons. The third-order valence-corrected chi connectivity index (χ3v) is 3.93. The topological polar surface area (TPSA) is 15.3 Å². The quantitative estimate of drug-likeness (QED) is 0.715. The summed E-state index contributed by atoms with van der Waals surface area (Å²) in [6, 6.07) is 1.56. The Morgan fingerprint density at radius 3 is 2.47 bits per heavy atom. The molecule has 1 N–H and O–H groups in total. The van der Waals surface area contributed by atoms with Crippen LogP contribution in [0.1, 0.15) is 52.9 Å². The lowest BCUT2D eigenvalue weighted by Gasteiger charge is -2.34. The number of rotatable bonds is 1. The van der Waals surface area contributed by atoms with Crippen molar-refractivity contribution in [3.05, 3.63) is 0 Å². The van der Waals surface area contributed by atoms with Gasteiger partial charge in [0, 0.05) is 24.2 Å². The summed E-state index contributed by atoms with van der Waals surface area (Å²) in [6.07, 6.45) is 7.07. The maximum atomic E-state index is 3.73. The van der Waals surface area contributed by atoms with Gasteiger partial charge in [-0.15, -0.1) is 0 Å². The van der Waals surface area contributed by atoms with Crippen molar-refractivity contribution in [2.45, 2.75) is 70.5 Å². The largest absolute Gasteiger partial charge is 0.308 e. The molecule has 1 unspecified atom stereocenters. The van der Waals surface area contributed by atoms with Crippen LogP contribution in [-0.4, -0.2) is 35.6 Å². The van der Waals surface area contributed by atoms with Crippen LogP contribution in [-0.2, 0) is 0 Å². The molecule has 2 fully saturated rings. The Hall–Kier alpha value is -0.0800. The van der Waals surface area contributed by atoms with Gasteiger partial charge in [-0.3, -0.25) is 4.90 Å². The lowest BCUT2D eigenvalue weighted by atomic mass is 10.0. The number of hydrogen-bond acceptors (Lipinski definition) is 2. The highest BCUT2D eigenvalue weighted by atomic mass is 15.2. The normalized spacial score (nSPS) is 34.2. The van der Waals surface area contributed by atoms with Gasteiger partial charge in [-0.2, -0.15) is 0 Å². The van der Waals surface area contributed by atoms with Crippen LogP contribution >= 0.6 is 0 Å². The summed E-state index contributed by atoms with van der Waals surface area (Å²) < 4.78 is 0. The van der Waals surface area contributed by atoms with E-state index in [4.69, 9.17) is 0 Å². The van der Waals surface area contributed by atoms with Crippen molar-refractivity contribution in [3.8, 4) is 0 Å². The zero-order valence-electron chi connectivity index (χ0n) is 10.6. The minimum absolute atomic E-state index is 0.290. The summed E-state index contributed by atoms with van der Waals surface area (Å²) in [5.41, 5.74) is 0.290. The fourth-order valence-corrected chi connectivity index (χ4v) is 3.31. The minimum atomic E-state index is 0.290. The summed E-state index contributed by atoms with van der Waals surface area (Å²) in [4.78, 5) is 2.74. The van der Waals surface area contributed by atoms with Gasteiger partial charge in [-0.1, -0.05) is 12.8 Å². The highest BCUT2D eigenvalue weighted by Crippen LogP contribution is 2.26. The molecule has 1 aliphatic carbocycles. The van der Waals surface area contributed by atoms with Crippen LogP contribution in [0.4, 0.5) is 0 Å². The maximum Gasteiger partial charge on any atom is 0.0254 e. The van der Waals surface area contributed by atoms with Crippen LogP contribution in [0.15, 0.2) is 0 Å². The molecule has 1 aliphatic heterocycles. The van der Waals surface area contributed by atoms with E-state index in [-0.39, 0.29) is 0 Å². The molecule has 1 saturated carbocycles. The van der Waals surface area contributed by atoms with Gasteiger partial charge in [0.05, 0.1) is 0 Å². The highest BCUT2D eigenvalue weighted by molar-refractivity contribution is 4.91. The molecule has 15 heavy (non-hydrogen) atoms. The molecular weight excluding hydrogens is 184 g/mol. The number of nitrogens with zero attached hydrogens (tertiary/aromatic N) is 1. The Bertz CT molecular complexity index is 207. The van der Waals surface area contributed by atoms with Crippen LogP contribution in [0.5, 0.6) is 0 Å². The van der Waals surface area contributed by atoms with Crippen LogP contribution in [0.2, 0.25) is 0 Å². The molecule has 88 valence electrons. The summed E-state index contributed by atoms with van der Waals surface area (Å²) in [5, 5.41) is 3.73. The van der Waals surface area contributed by atoms with Crippen molar-refractivity contribution < 1.29 is 0 Å². The fourth-order valence-electron chi connectivity index (χ4n) is 3.31. The van der Waals surface area contributed by atoms with E-state index >= 15 is 0 Å². The molecule has 0 aromatic rings. The predicted molar refractivity (Wildman–Crippen MR) is 65.1 cm³/mol. The van der Waals surface area contributed by atoms with Gasteiger partial charge in [-0.25, -0.2) is 0 Å². The molecule has 0 spiro atoms. The van der Waals surface area contributed by atoms with Gasteiger partial charge in [0.15, 0.2) is 0 Å². The molecule has 0 aromatic carbocycles. The van der Waals surface area contributed by atoms with Gasteiger partial charge in [-0.05, 0) is 46.6 Å². The van der Waals surface area contributed by atoms with Crippen LogP contribution in [0.3, 0.4) is 0 Å². The van der Waals surface area contributed by atoms with E-state index in [1.165, 1.54) is 45.2 Å². The van der Waals surface area contributed by atoms with Gasteiger partial charge in [0.1, 0.15) is 0 Å². The van der Waals surface area contributed by atoms with Crippen LogP contribution in [0.25, 0.3) is 0 Å². The van der Waals surface area contributed by atoms with E-state index in [1.807, 2.05) is 0 Å². The SMILES string of the molecule is CC1CCN(C2CCCC2)CC(C)(C)N1. The third-order valence-electron chi connectivity index (χ3n) is 3.93. The van der Waals surface area contributed by atoms with Gasteiger partial charge in [0.2, 0.25) is 0 Å². The minimum Gasteiger partial charge on any atom is -0.308 e. The molecule has 0 bridgehead atoms. The van der Waals surface area contributed by atoms with Crippen molar-refractivity contribution >= 4 is 0 Å². The standard InChI is InChI=1S/C13H26N2/c1-11-8-9-15(10-13(2,3)14-11)12-6-4-5-7-12/h11-12,14H,4-10H2,1-3H3. The molecule has 2 rings (SSSR count). The Morgan fingerprint density at radius 2 is 1.80 bits per heavy atom. The van der Waals surface area contributed by atoms with Crippen LogP contribution in [0, 0.1) is 0 Å². The Labute approximate surface area is 94.4 Å². The first-order chi connectivity index (χ1) is 7.07. The maximum absolute atomic E-state index is 3.73. The molecule has 2 nitrogen and oxygen atoms in total. The van der Waals surface area contributed by atoms with E-state index in [0.717, 1.165) is 6.04 Å². The summed E-state index contributed by atoms with van der Waals surface area (Å²) >= 11 is 0. The lowest BCUT2D eigenvalue weighted by Crippen LogP contribution is -2.50. The molecule has 0 aromatic heterocycles. The second-order valence-corrected chi connectivity index (χ2v) is 6.13. The first-order valence-corrected chi connectivity index (χ1v) is 6.58. The smallest absolute Gasteiger partial charge is 0.0254 e. The molecule has 0 amide bonds. The average Bonchev–Trinajstić information content (AvgIpc) is 2.59. The zero-order chi connectivity index (χ0) is 10.9. The molecule has 2 aliphatic rings. The Kier molecular flexibility index (Phi) is 3.36. The molecule has 1 heterocycles. The molecule has 2 heteroatoms. The highest BCUT2D eigenvalue weighted by Gasteiger charge is 2.31. The first-order valence-electron chi connectivity index (χ1n) is 6.58. The van der Waals surface area contributed by atoms with Crippen molar-refractivity contribution in [2.24, 2.45) is 0 Å². The number of nitrogens with one attached hydrogen (secondary N) is 1. The van der Waals surface area contributed by atoms with Gasteiger partial charge < -0.3 is 5.32 Å².